The van der Waals surface area contributed by atoms with Crippen molar-refractivity contribution in [2.24, 2.45) is 5.73 Å². The first-order valence-corrected chi connectivity index (χ1v) is 6.73. The number of aryl methyl sites for hydroxylation is 1. The summed E-state index contributed by atoms with van der Waals surface area (Å²) in [6.07, 6.45) is 3.07. The van der Waals surface area contributed by atoms with Gasteiger partial charge in [-0.25, -0.2) is 0 Å². The molecule has 3 N–H and O–H groups in total. The lowest BCUT2D eigenvalue weighted by molar-refractivity contribution is 0.306. The second-order valence-electron chi connectivity index (χ2n) is 5.08. The third-order valence-electron chi connectivity index (χ3n) is 3.93. The van der Waals surface area contributed by atoms with E-state index in [9.17, 15) is 0 Å². The SMILES string of the molecule is CC#CCNC1(CN)CCc2ccc(OC)cc2C1. The van der Waals surface area contributed by atoms with Gasteiger partial charge in [-0.05, 0) is 49.4 Å². The van der Waals surface area contributed by atoms with Crippen molar-refractivity contribution in [3.05, 3.63) is 29.3 Å². The first kappa shape index (κ1) is 13.9. The van der Waals surface area contributed by atoms with Crippen LogP contribution in [0.5, 0.6) is 5.75 Å². The normalized spacial score (nSPS) is 21.2. The quantitative estimate of drug-likeness (QED) is 0.805. The largest absolute Gasteiger partial charge is 0.497 e. The maximum Gasteiger partial charge on any atom is 0.119 e. The minimum Gasteiger partial charge on any atom is -0.497 e. The summed E-state index contributed by atoms with van der Waals surface area (Å²) in [6.45, 7) is 3.19. The summed E-state index contributed by atoms with van der Waals surface area (Å²) in [7, 11) is 1.70. The highest BCUT2D eigenvalue weighted by Gasteiger charge is 2.32. The van der Waals surface area contributed by atoms with Gasteiger partial charge in [0.25, 0.3) is 0 Å². The molecule has 0 amide bonds. The summed E-state index contributed by atoms with van der Waals surface area (Å²) in [5.41, 5.74) is 8.73. The molecule has 1 unspecified atom stereocenters. The molecule has 19 heavy (non-hydrogen) atoms. The molecule has 1 aromatic carbocycles. The van der Waals surface area contributed by atoms with Crippen molar-refractivity contribution in [2.45, 2.75) is 31.7 Å². The lowest BCUT2D eigenvalue weighted by Gasteiger charge is -2.38. The number of methoxy groups -OCH3 is 1. The predicted molar refractivity (Wildman–Crippen MR) is 78.3 cm³/mol. The molecular weight excluding hydrogens is 236 g/mol. The maximum absolute atomic E-state index is 6.01. The molecule has 0 heterocycles. The Morgan fingerprint density at radius 1 is 1.42 bits per heavy atom. The molecule has 1 aliphatic carbocycles. The van der Waals surface area contributed by atoms with Gasteiger partial charge < -0.3 is 10.5 Å². The summed E-state index contributed by atoms with van der Waals surface area (Å²) >= 11 is 0. The van der Waals surface area contributed by atoms with Crippen LogP contribution in [0, 0.1) is 11.8 Å². The van der Waals surface area contributed by atoms with Crippen molar-refractivity contribution in [3.8, 4) is 17.6 Å². The van der Waals surface area contributed by atoms with Crippen LogP contribution in [0.1, 0.15) is 24.5 Å². The number of fused-ring (bicyclic) bond motifs is 1. The fraction of sp³-hybridized carbons (Fsp3) is 0.500. The first-order chi connectivity index (χ1) is 9.23. The molecule has 0 radical (unpaired) electrons. The van der Waals surface area contributed by atoms with Gasteiger partial charge in [0.1, 0.15) is 5.75 Å². The molecule has 1 aliphatic rings. The number of hydrogen-bond donors (Lipinski definition) is 2. The summed E-state index contributed by atoms with van der Waals surface area (Å²) in [4.78, 5) is 0. The highest BCUT2D eigenvalue weighted by Crippen LogP contribution is 2.30. The molecule has 0 fully saturated rings. The average Bonchev–Trinajstić information content (AvgIpc) is 2.46. The van der Waals surface area contributed by atoms with Crippen molar-refractivity contribution in [1.29, 1.82) is 0 Å². The maximum atomic E-state index is 6.01. The van der Waals surface area contributed by atoms with Gasteiger partial charge >= 0.3 is 0 Å². The van der Waals surface area contributed by atoms with Crippen molar-refractivity contribution >= 4 is 0 Å². The van der Waals surface area contributed by atoms with Crippen LogP contribution in [-0.4, -0.2) is 25.7 Å². The van der Waals surface area contributed by atoms with Crippen LogP contribution < -0.4 is 15.8 Å². The molecule has 2 rings (SSSR count). The minimum absolute atomic E-state index is 0.0246. The molecule has 0 spiro atoms. The number of hydrogen-bond acceptors (Lipinski definition) is 3. The topological polar surface area (TPSA) is 47.3 Å². The van der Waals surface area contributed by atoms with Crippen molar-refractivity contribution in [2.75, 3.05) is 20.2 Å². The Balaban J connectivity index is 2.18. The van der Waals surface area contributed by atoms with Crippen LogP contribution in [0.3, 0.4) is 0 Å². The van der Waals surface area contributed by atoms with Gasteiger partial charge in [0.05, 0.1) is 13.7 Å². The molecular formula is C16H22N2O. The van der Waals surface area contributed by atoms with Gasteiger partial charge in [-0.15, -0.1) is 5.92 Å². The Hall–Kier alpha value is -1.50. The van der Waals surface area contributed by atoms with Crippen molar-refractivity contribution in [3.63, 3.8) is 0 Å². The number of ether oxygens (including phenoxy) is 1. The molecule has 3 heteroatoms. The van der Waals surface area contributed by atoms with E-state index < -0.39 is 0 Å². The summed E-state index contributed by atoms with van der Waals surface area (Å²) in [5, 5.41) is 3.52. The standard InChI is InChI=1S/C16H22N2O/c1-3-4-9-18-16(12-17)8-7-13-5-6-15(19-2)10-14(13)11-16/h5-6,10,18H,7-9,11-12,17H2,1-2H3. The number of rotatable bonds is 4. The highest BCUT2D eigenvalue weighted by molar-refractivity contribution is 5.39. The number of nitrogens with one attached hydrogen (secondary N) is 1. The molecule has 0 aliphatic heterocycles. The molecule has 102 valence electrons. The van der Waals surface area contributed by atoms with Crippen LogP contribution in [-0.2, 0) is 12.8 Å². The van der Waals surface area contributed by atoms with Gasteiger partial charge in [0.15, 0.2) is 0 Å². The lowest BCUT2D eigenvalue weighted by Crippen LogP contribution is -2.55. The monoisotopic (exact) mass is 258 g/mol. The van der Waals surface area contributed by atoms with E-state index in [1.165, 1.54) is 11.1 Å². The van der Waals surface area contributed by atoms with Crippen LogP contribution in [0.15, 0.2) is 18.2 Å². The lowest BCUT2D eigenvalue weighted by atomic mass is 9.78. The molecule has 0 saturated heterocycles. The summed E-state index contributed by atoms with van der Waals surface area (Å²) < 4.78 is 5.31. The smallest absolute Gasteiger partial charge is 0.119 e. The zero-order chi connectivity index (χ0) is 13.7. The molecule has 1 aromatic rings. The Kier molecular flexibility index (Phi) is 4.47. The fourth-order valence-corrected chi connectivity index (χ4v) is 2.68. The van der Waals surface area contributed by atoms with Gasteiger partial charge in [-0.2, -0.15) is 0 Å². The third-order valence-corrected chi connectivity index (χ3v) is 3.93. The molecule has 0 bridgehead atoms. The predicted octanol–water partition coefficient (Wildman–Crippen LogP) is 1.49. The first-order valence-electron chi connectivity index (χ1n) is 6.73. The Morgan fingerprint density at radius 2 is 2.26 bits per heavy atom. The minimum atomic E-state index is -0.0246. The Bertz CT molecular complexity index is 501. The van der Waals surface area contributed by atoms with Gasteiger partial charge in [-0.1, -0.05) is 12.0 Å². The zero-order valence-electron chi connectivity index (χ0n) is 11.8. The van der Waals surface area contributed by atoms with Crippen LogP contribution in [0.2, 0.25) is 0 Å². The zero-order valence-corrected chi connectivity index (χ0v) is 11.8. The van der Waals surface area contributed by atoms with Gasteiger partial charge in [0, 0.05) is 12.1 Å². The molecule has 1 atom stereocenters. The average molecular weight is 258 g/mol. The number of nitrogens with two attached hydrogens (primary N) is 1. The van der Waals surface area contributed by atoms with Crippen LogP contribution in [0.4, 0.5) is 0 Å². The van der Waals surface area contributed by atoms with Gasteiger partial charge in [0.2, 0.25) is 0 Å². The van der Waals surface area contributed by atoms with E-state index in [2.05, 4.69) is 29.3 Å². The second-order valence-corrected chi connectivity index (χ2v) is 5.08. The van der Waals surface area contributed by atoms with Crippen molar-refractivity contribution in [1.82, 2.24) is 5.32 Å². The van der Waals surface area contributed by atoms with E-state index in [1.807, 2.05) is 13.0 Å². The fourth-order valence-electron chi connectivity index (χ4n) is 2.68. The van der Waals surface area contributed by atoms with Gasteiger partial charge in [-0.3, -0.25) is 5.32 Å². The van der Waals surface area contributed by atoms with Crippen molar-refractivity contribution < 1.29 is 4.74 Å². The van der Waals surface area contributed by atoms with E-state index in [0.29, 0.717) is 13.1 Å². The van der Waals surface area contributed by atoms with E-state index in [4.69, 9.17) is 10.5 Å². The molecule has 0 aromatic heterocycles. The van der Waals surface area contributed by atoms with Crippen LogP contribution >= 0.6 is 0 Å². The Morgan fingerprint density at radius 3 is 2.95 bits per heavy atom. The second kappa shape index (κ2) is 6.10. The number of benzene rings is 1. The Labute approximate surface area is 115 Å². The van der Waals surface area contributed by atoms with E-state index >= 15 is 0 Å². The highest BCUT2D eigenvalue weighted by atomic mass is 16.5. The third kappa shape index (κ3) is 3.09. The molecule has 3 nitrogen and oxygen atoms in total. The van der Waals surface area contributed by atoms with E-state index in [0.717, 1.165) is 25.0 Å². The summed E-state index contributed by atoms with van der Waals surface area (Å²) in [5.74, 6) is 6.89. The van der Waals surface area contributed by atoms with E-state index in [1.54, 1.807) is 7.11 Å². The van der Waals surface area contributed by atoms with Crippen LogP contribution in [0.25, 0.3) is 0 Å². The van der Waals surface area contributed by atoms with E-state index in [-0.39, 0.29) is 5.54 Å². The summed E-state index contributed by atoms with van der Waals surface area (Å²) in [6, 6.07) is 6.33. The molecule has 0 saturated carbocycles.